The van der Waals surface area contributed by atoms with E-state index in [-0.39, 0.29) is 5.56 Å². The van der Waals surface area contributed by atoms with E-state index in [9.17, 15) is 8.78 Å². The maximum Gasteiger partial charge on any atom is 0.291 e. The molecule has 0 radical (unpaired) electrons. The molecule has 1 rings (SSSR count). The number of halogens is 2. The van der Waals surface area contributed by atoms with Crippen LogP contribution in [-0.4, -0.2) is 0 Å². The van der Waals surface area contributed by atoms with Crippen molar-refractivity contribution in [1.29, 1.82) is 0 Å². The minimum absolute atomic E-state index is 0.0489. The van der Waals surface area contributed by atoms with Gasteiger partial charge in [0.2, 0.25) is 0 Å². The Morgan fingerprint density at radius 1 is 1.21 bits per heavy atom. The van der Waals surface area contributed by atoms with Gasteiger partial charge in [0.25, 0.3) is 5.92 Å². The van der Waals surface area contributed by atoms with Crippen LogP contribution in [0.4, 0.5) is 8.78 Å². The predicted molar refractivity (Wildman–Crippen MR) is 54.5 cm³/mol. The third kappa shape index (κ3) is 2.41. The average Bonchev–Trinajstić information content (AvgIpc) is 2.18. The summed E-state index contributed by atoms with van der Waals surface area (Å²) in [5, 5.41) is 0. The monoisotopic (exact) mass is 196 g/mol. The summed E-state index contributed by atoms with van der Waals surface area (Å²) in [6, 6.07) is 6.46. The maximum absolute atomic E-state index is 13.3. The molecular weight excluding hydrogens is 182 g/mol. The van der Waals surface area contributed by atoms with Crippen molar-refractivity contribution in [2.45, 2.75) is 26.2 Å². The lowest BCUT2D eigenvalue weighted by Crippen LogP contribution is -2.08. The van der Waals surface area contributed by atoms with Crippen LogP contribution >= 0.6 is 0 Å². The first-order valence-electron chi connectivity index (χ1n) is 4.71. The van der Waals surface area contributed by atoms with E-state index in [2.05, 4.69) is 0 Å². The summed E-state index contributed by atoms with van der Waals surface area (Å²) < 4.78 is 26.6. The molecule has 1 aromatic carbocycles. The quantitative estimate of drug-likeness (QED) is 0.643. The largest absolute Gasteiger partial charge is 0.291 e. The molecule has 2 heteroatoms. The van der Waals surface area contributed by atoms with Crippen LogP contribution in [0.2, 0.25) is 0 Å². The van der Waals surface area contributed by atoms with E-state index in [1.54, 1.807) is 19.1 Å². The lowest BCUT2D eigenvalue weighted by atomic mass is 10.0. The van der Waals surface area contributed by atoms with Gasteiger partial charge in [0, 0.05) is 5.56 Å². The van der Waals surface area contributed by atoms with E-state index in [1.165, 1.54) is 18.2 Å². The predicted octanol–water partition coefficient (Wildman–Crippen LogP) is 3.92. The Hall–Kier alpha value is -1.18. The molecule has 0 saturated heterocycles. The smallest absolute Gasteiger partial charge is 0.197 e. The molecular formula is C12H14F2. The molecule has 0 saturated carbocycles. The SMILES string of the molecule is C/C=C/C(F)(F)c1ccc(CC)cc1. The molecule has 0 unspecified atom stereocenters. The molecule has 0 N–H and O–H groups in total. The topological polar surface area (TPSA) is 0 Å². The van der Waals surface area contributed by atoms with Crippen LogP contribution in [0.15, 0.2) is 36.4 Å². The molecule has 0 aromatic heterocycles. The van der Waals surface area contributed by atoms with Crippen molar-refractivity contribution in [3.8, 4) is 0 Å². The second-order valence-electron chi connectivity index (χ2n) is 3.17. The van der Waals surface area contributed by atoms with Crippen LogP contribution in [-0.2, 0) is 12.3 Å². The Labute approximate surface area is 83.3 Å². The van der Waals surface area contributed by atoms with Gasteiger partial charge in [-0.3, -0.25) is 0 Å². The number of aryl methyl sites for hydroxylation is 1. The highest BCUT2D eigenvalue weighted by Gasteiger charge is 2.26. The van der Waals surface area contributed by atoms with Crippen LogP contribution in [0.1, 0.15) is 25.0 Å². The molecule has 0 atom stereocenters. The summed E-state index contributed by atoms with van der Waals surface area (Å²) in [5.41, 5.74) is 1.12. The summed E-state index contributed by atoms with van der Waals surface area (Å²) in [4.78, 5) is 0. The van der Waals surface area contributed by atoms with Gasteiger partial charge in [-0.05, 0) is 25.0 Å². The molecule has 0 aliphatic rings. The molecule has 0 aliphatic heterocycles. The van der Waals surface area contributed by atoms with Crippen molar-refractivity contribution in [2.75, 3.05) is 0 Å². The van der Waals surface area contributed by atoms with Crippen LogP contribution in [0.5, 0.6) is 0 Å². The number of allylic oxidation sites excluding steroid dienone is 2. The standard InChI is InChI=1S/C12H14F2/c1-3-9-12(13,14)11-7-5-10(4-2)6-8-11/h3,5-9H,4H2,1-2H3/b9-3+. The summed E-state index contributed by atoms with van der Waals surface area (Å²) in [6.45, 7) is 3.59. The summed E-state index contributed by atoms with van der Waals surface area (Å²) in [5.74, 6) is -2.85. The zero-order valence-electron chi connectivity index (χ0n) is 8.43. The lowest BCUT2D eigenvalue weighted by Gasteiger charge is -2.12. The van der Waals surface area contributed by atoms with Gasteiger partial charge in [-0.25, -0.2) is 0 Å². The van der Waals surface area contributed by atoms with Crippen LogP contribution in [0.3, 0.4) is 0 Å². The number of benzene rings is 1. The van der Waals surface area contributed by atoms with Crippen molar-refractivity contribution >= 4 is 0 Å². The Morgan fingerprint density at radius 3 is 2.21 bits per heavy atom. The second-order valence-corrected chi connectivity index (χ2v) is 3.17. The molecule has 0 fully saturated rings. The molecule has 14 heavy (non-hydrogen) atoms. The van der Waals surface area contributed by atoms with Crippen LogP contribution in [0, 0.1) is 0 Å². The lowest BCUT2D eigenvalue weighted by molar-refractivity contribution is 0.0520. The average molecular weight is 196 g/mol. The van der Waals surface area contributed by atoms with Gasteiger partial charge in [0.05, 0.1) is 0 Å². The second kappa shape index (κ2) is 4.36. The molecule has 76 valence electrons. The third-order valence-electron chi connectivity index (χ3n) is 2.12. The minimum Gasteiger partial charge on any atom is -0.197 e. The fourth-order valence-electron chi connectivity index (χ4n) is 1.27. The van der Waals surface area contributed by atoms with Crippen LogP contribution in [0.25, 0.3) is 0 Å². The first-order chi connectivity index (χ1) is 6.60. The van der Waals surface area contributed by atoms with Gasteiger partial charge < -0.3 is 0 Å². The number of rotatable bonds is 3. The van der Waals surface area contributed by atoms with Gasteiger partial charge in [-0.1, -0.05) is 37.3 Å². The van der Waals surface area contributed by atoms with Crippen molar-refractivity contribution in [2.24, 2.45) is 0 Å². The van der Waals surface area contributed by atoms with Gasteiger partial charge in [0.1, 0.15) is 0 Å². The number of hydrogen-bond donors (Lipinski definition) is 0. The van der Waals surface area contributed by atoms with E-state index in [4.69, 9.17) is 0 Å². The van der Waals surface area contributed by atoms with Crippen molar-refractivity contribution in [3.05, 3.63) is 47.5 Å². The van der Waals surface area contributed by atoms with E-state index >= 15 is 0 Å². The van der Waals surface area contributed by atoms with Crippen molar-refractivity contribution < 1.29 is 8.78 Å². The molecule has 0 heterocycles. The molecule has 1 aromatic rings. The van der Waals surface area contributed by atoms with E-state index in [0.717, 1.165) is 18.1 Å². The highest BCUT2D eigenvalue weighted by atomic mass is 19.3. The number of hydrogen-bond acceptors (Lipinski definition) is 0. The van der Waals surface area contributed by atoms with Gasteiger partial charge >= 0.3 is 0 Å². The van der Waals surface area contributed by atoms with E-state index in [0.29, 0.717) is 0 Å². The Balaban J connectivity index is 2.96. The molecule has 0 amide bonds. The normalized spacial score (nSPS) is 12.3. The minimum atomic E-state index is -2.85. The van der Waals surface area contributed by atoms with Gasteiger partial charge in [-0.2, -0.15) is 8.78 Å². The summed E-state index contributed by atoms with van der Waals surface area (Å²) >= 11 is 0. The van der Waals surface area contributed by atoms with E-state index in [1.807, 2.05) is 6.92 Å². The fraction of sp³-hybridized carbons (Fsp3) is 0.333. The third-order valence-corrected chi connectivity index (χ3v) is 2.12. The van der Waals surface area contributed by atoms with Crippen LogP contribution < -0.4 is 0 Å². The van der Waals surface area contributed by atoms with Gasteiger partial charge in [0.15, 0.2) is 0 Å². The zero-order valence-corrected chi connectivity index (χ0v) is 8.43. The molecule has 0 bridgehead atoms. The molecule has 0 spiro atoms. The van der Waals surface area contributed by atoms with E-state index < -0.39 is 5.92 Å². The van der Waals surface area contributed by atoms with Gasteiger partial charge in [-0.15, -0.1) is 0 Å². The number of alkyl halides is 2. The summed E-state index contributed by atoms with van der Waals surface area (Å²) in [6.07, 6.45) is 3.15. The maximum atomic E-state index is 13.3. The zero-order chi connectivity index (χ0) is 10.6. The summed E-state index contributed by atoms with van der Waals surface area (Å²) in [7, 11) is 0. The first kappa shape index (κ1) is 10.9. The highest BCUT2D eigenvalue weighted by Crippen LogP contribution is 2.29. The first-order valence-corrected chi connectivity index (χ1v) is 4.71. The molecule has 0 aliphatic carbocycles. The Morgan fingerprint density at radius 2 is 1.79 bits per heavy atom. The fourth-order valence-corrected chi connectivity index (χ4v) is 1.27. The highest BCUT2D eigenvalue weighted by molar-refractivity contribution is 5.28. The Bertz CT molecular complexity index is 310. The van der Waals surface area contributed by atoms with Crippen molar-refractivity contribution in [3.63, 3.8) is 0 Å². The van der Waals surface area contributed by atoms with Crippen molar-refractivity contribution in [1.82, 2.24) is 0 Å². The molecule has 0 nitrogen and oxygen atoms in total. The Kier molecular flexibility index (Phi) is 3.39.